The minimum Gasteiger partial charge on any atom is -0.395 e. The molecule has 8 heteroatoms. The maximum absolute atomic E-state index is 12.8. The lowest BCUT2D eigenvalue weighted by molar-refractivity contribution is -0.135. The number of aliphatic hydroxyl groups excluding tert-OH is 1. The third kappa shape index (κ3) is 5.48. The Kier molecular flexibility index (Phi) is 8.61. The van der Waals surface area contributed by atoms with Crippen LogP contribution in [-0.2, 0) is 4.79 Å². The van der Waals surface area contributed by atoms with E-state index in [0.29, 0.717) is 18.8 Å². The van der Waals surface area contributed by atoms with Crippen molar-refractivity contribution in [2.24, 2.45) is 4.99 Å². The molecule has 8 nitrogen and oxygen atoms in total. The Morgan fingerprint density at radius 2 is 2.23 bits per heavy atom. The third-order valence-corrected chi connectivity index (χ3v) is 4.79. The molecule has 1 aromatic heterocycles. The number of aryl methyl sites for hydroxylation is 1. The molecule has 1 atom stereocenters. The first-order valence-electron chi connectivity index (χ1n) is 10.0. The number of hydrogen-bond acceptors (Lipinski definition) is 6. The van der Waals surface area contributed by atoms with Crippen LogP contribution in [0.3, 0.4) is 0 Å². The first-order chi connectivity index (χ1) is 14.5. The molecule has 3 N–H and O–H groups in total. The summed E-state index contributed by atoms with van der Waals surface area (Å²) < 4.78 is 0. The van der Waals surface area contributed by atoms with Gasteiger partial charge in [-0.1, -0.05) is 12.2 Å². The Hall–Kier alpha value is -3.13. The van der Waals surface area contributed by atoms with Crippen molar-refractivity contribution in [3.05, 3.63) is 53.1 Å². The molecular formula is C22H31N5O3. The van der Waals surface area contributed by atoms with Gasteiger partial charge in [-0.15, -0.1) is 0 Å². The van der Waals surface area contributed by atoms with Crippen LogP contribution in [0, 0.1) is 6.92 Å². The highest BCUT2D eigenvalue weighted by atomic mass is 16.3. The van der Waals surface area contributed by atoms with Crippen molar-refractivity contribution in [2.75, 3.05) is 33.3 Å². The average Bonchev–Trinajstić information content (AvgIpc) is 3.11. The van der Waals surface area contributed by atoms with Gasteiger partial charge in [-0.2, -0.15) is 0 Å². The fraction of sp³-hybridized carbons (Fsp3) is 0.409. The number of aromatic nitrogens is 1. The molecule has 1 unspecified atom stereocenters. The minimum absolute atomic E-state index is 0.0904. The molecule has 0 radical (unpaired) electrons. The van der Waals surface area contributed by atoms with E-state index in [1.165, 1.54) is 0 Å². The Morgan fingerprint density at radius 1 is 1.47 bits per heavy atom. The SMILES string of the molecule is C/C=C/CN/C=C(/C1=CN(C)C(C(=O)N(CC)CCO)N=C1)c1cc(C)[nH]c1C=O. The molecule has 2 rings (SSSR count). The summed E-state index contributed by atoms with van der Waals surface area (Å²) in [5, 5.41) is 12.4. The number of aliphatic hydroxyl groups is 1. The zero-order valence-electron chi connectivity index (χ0n) is 18.1. The predicted octanol–water partition coefficient (Wildman–Crippen LogP) is 1.71. The second-order valence-corrected chi connectivity index (χ2v) is 6.98. The van der Waals surface area contributed by atoms with Gasteiger partial charge in [-0.3, -0.25) is 14.6 Å². The van der Waals surface area contributed by atoms with E-state index in [-0.39, 0.29) is 19.1 Å². The van der Waals surface area contributed by atoms with Crippen molar-refractivity contribution in [1.29, 1.82) is 0 Å². The fourth-order valence-electron chi connectivity index (χ4n) is 3.25. The molecule has 0 fully saturated rings. The van der Waals surface area contributed by atoms with Crippen LogP contribution in [0.4, 0.5) is 0 Å². The van der Waals surface area contributed by atoms with E-state index in [4.69, 9.17) is 0 Å². The lowest BCUT2D eigenvalue weighted by atomic mass is 9.99. The second-order valence-electron chi connectivity index (χ2n) is 6.98. The summed E-state index contributed by atoms with van der Waals surface area (Å²) in [4.78, 5) is 35.2. The number of amides is 1. The van der Waals surface area contributed by atoms with E-state index >= 15 is 0 Å². The van der Waals surface area contributed by atoms with Crippen LogP contribution in [0.2, 0.25) is 0 Å². The highest BCUT2D eigenvalue weighted by Gasteiger charge is 2.28. The van der Waals surface area contributed by atoms with E-state index in [2.05, 4.69) is 15.3 Å². The van der Waals surface area contributed by atoms with Gasteiger partial charge in [0.1, 0.15) is 0 Å². The Morgan fingerprint density at radius 3 is 2.83 bits per heavy atom. The molecule has 0 spiro atoms. The molecule has 1 aliphatic rings. The molecule has 0 saturated heterocycles. The molecule has 2 heterocycles. The van der Waals surface area contributed by atoms with Crippen LogP contribution in [0.1, 0.15) is 35.6 Å². The molecule has 0 aliphatic carbocycles. The number of carbonyl (C=O) groups is 2. The number of nitrogens with zero attached hydrogens (tertiary/aromatic N) is 3. The summed E-state index contributed by atoms with van der Waals surface area (Å²) in [5.41, 5.74) is 3.71. The van der Waals surface area contributed by atoms with Crippen molar-refractivity contribution in [1.82, 2.24) is 20.1 Å². The summed E-state index contributed by atoms with van der Waals surface area (Å²) in [6.07, 6.45) is 9.42. The number of rotatable bonds is 10. The van der Waals surface area contributed by atoms with Gasteiger partial charge in [0.05, 0.1) is 12.3 Å². The van der Waals surface area contributed by atoms with Crippen molar-refractivity contribution >= 4 is 24.0 Å². The Balaban J connectivity index is 2.35. The first kappa shape index (κ1) is 23.2. The Labute approximate surface area is 177 Å². The third-order valence-electron chi connectivity index (χ3n) is 4.79. The number of nitrogens with one attached hydrogen (secondary N) is 2. The number of H-pyrrole nitrogens is 1. The second kappa shape index (κ2) is 11.2. The van der Waals surface area contributed by atoms with Gasteiger partial charge < -0.3 is 25.2 Å². The maximum atomic E-state index is 12.8. The molecule has 0 aromatic carbocycles. The maximum Gasteiger partial charge on any atom is 0.268 e. The van der Waals surface area contributed by atoms with Crippen molar-refractivity contribution in [3.8, 4) is 0 Å². The van der Waals surface area contributed by atoms with Crippen molar-refractivity contribution < 1.29 is 14.7 Å². The summed E-state index contributed by atoms with van der Waals surface area (Å²) in [5.74, 6) is -0.164. The summed E-state index contributed by atoms with van der Waals surface area (Å²) in [6.45, 7) is 7.05. The van der Waals surface area contributed by atoms with Gasteiger partial charge in [0.15, 0.2) is 12.5 Å². The topological polar surface area (TPSA) is 101 Å². The van der Waals surface area contributed by atoms with Gasteiger partial charge in [-0.05, 0) is 26.8 Å². The van der Waals surface area contributed by atoms with E-state index in [0.717, 1.165) is 28.7 Å². The van der Waals surface area contributed by atoms with Crippen LogP contribution < -0.4 is 5.32 Å². The monoisotopic (exact) mass is 413 g/mol. The molecule has 1 amide bonds. The van der Waals surface area contributed by atoms with Crippen LogP contribution in [0.15, 0.2) is 41.2 Å². The summed E-state index contributed by atoms with van der Waals surface area (Å²) in [7, 11) is 1.79. The number of likely N-dealkylation sites (N-methyl/N-ethyl adjacent to an activating group) is 2. The van der Waals surface area contributed by atoms with E-state index < -0.39 is 6.17 Å². The van der Waals surface area contributed by atoms with Crippen LogP contribution in [0.5, 0.6) is 0 Å². The van der Waals surface area contributed by atoms with Crippen LogP contribution in [0.25, 0.3) is 5.57 Å². The minimum atomic E-state index is -0.684. The lowest BCUT2D eigenvalue weighted by Crippen LogP contribution is -2.46. The van der Waals surface area contributed by atoms with Gasteiger partial charge in [0.25, 0.3) is 5.91 Å². The fourth-order valence-corrected chi connectivity index (χ4v) is 3.25. The zero-order valence-corrected chi connectivity index (χ0v) is 18.1. The molecular weight excluding hydrogens is 382 g/mol. The lowest BCUT2D eigenvalue weighted by Gasteiger charge is -2.31. The molecule has 1 aromatic rings. The Bertz CT molecular complexity index is 866. The normalized spacial score (nSPS) is 16.7. The molecule has 1 aliphatic heterocycles. The molecule has 162 valence electrons. The van der Waals surface area contributed by atoms with Gasteiger partial charge in [0.2, 0.25) is 0 Å². The van der Waals surface area contributed by atoms with Crippen LogP contribution in [-0.4, -0.2) is 77.8 Å². The molecule has 0 bridgehead atoms. The highest BCUT2D eigenvalue weighted by Crippen LogP contribution is 2.28. The predicted molar refractivity (Wildman–Crippen MR) is 119 cm³/mol. The largest absolute Gasteiger partial charge is 0.395 e. The smallest absolute Gasteiger partial charge is 0.268 e. The summed E-state index contributed by atoms with van der Waals surface area (Å²) >= 11 is 0. The highest BCUT2D eigenvalue weighted by molar-refractivity contribution is 6.04. The van der Waals surface area contributed by atoms with Crippen molar-refractivity contribution in [3.63, 3.8) is 0 Å². The average molecular weight is 414 g/mol. The van der Waals surface area contributed by atoms with E-state index in [1.807, 2.05) is 51.4 Å². The standard InChI is InChI=1S/C22H31N5O3/c1-5-7-8-23-13-19(18-11-16(3)25-20(18)15-29)17-12-24-21(26(4)14-17)22(30)27(6-2)9-10-28/h5,7,11-15,21,23,25,28H,6,8-10H2,1-4H3/b7-5+,19-13-. The van der Waals surface area contributed by atoms with Gasteiger partial charge in [-0.25, -0.2) is 0 Å². The number of hydrogen-bond donors (Lipinski definition) is 3. The van der Waals surface area contributed by atoms with Gasteiger partial charge in [0, 0.05) is 67.7 Å². The summed E-state index contributed by atoms with van der Waals surface area (Å²) in [6, 6.07) is 1.92. The van der Waals surface area contributed by atoms with Gasteiger partial charge >= 0.3 is 0 Å². The molecule has 30 heavy (non-hydrogen) atoms. The number of aliphatic imine (C=N–C) groups is 1. The zero-order chi connectivity index (χ0) is 22.1. The number of carbonyl (C=O) groups excluding carboxylic acids is 2. The first-order valence-corrected chi connectivity index (χ1v) is 10.0. The van der Waals surface area contributed by atoms with Crippen molar-refractivity contribution in [2.45, 2.75) is 26.9 Å². The molecule has 0 saturated carbocycles. The number of aromatic amines is 1. The van der Waals surface area contributed by atoms with E-state index in [9.17, 15) is 14.7 Å². The quantitative estimate of drug-likeness (QED) is 0.308. The number of allylic oxidation sites excluding steroid dienone is 3. The van der Waals surface area contributed by atoms with Crippen LogP contribution >= 0.6 is 0 Å². The van der Waals surface area contributed by atoms with E-state index in [1.54, 1.807) is 23.1 Å². The number of aldehydes is 1.